The second-order valence-electron chi connectivity index (χ2n) is 7.78. The second kappa shape index (κ2) is 16.4. The Balaban J connectivity index is 0.000000352. The zero-order valence-electron chi connectivity index (χ0n) is 22.2. The first kappa shape index (κ1) is 36.8. The zero-order valence-corrected chi connectivity index (χ0v) is 23.7. The molecule has 18 nitrogen and oxygen atoms in total. The van der Waals surface area contributed by atoms with E-state index in [0.29, 0.717) is 11.8 Å². The summed E-state index contributed by atoms with van der Waals surface area (Å²) in [5, 5.41) is 20.5. The van der Waals surface area contributed by atoms with Gasteiger partial charge in [-0.15, -0.1) is 10.2 Å². The van der Waals surface area contributed by atoms with Crippen LogP contribution in [-0.4, -0.2) is 86.0 Å². The Hall–Kier alpha value is -5.23. The van der Waals surface area contributed by atoms with Crippen molar-refractivity contribution in [2.45, 2.75) is 34.6 Å². The Kier molecular flexibility index (Phi) is 13.7. The number of rotatable bonds is 4. The van der Waals surface area contributed by atoms with Crippen molar-refractivity contribution in [2.24, 2.45) is 0 Å². The van der Waals surface area contributed by atoms with Crippen LogP contribution in [0.15, 0.2) is 29.8 Å². The second-order valence-corrected chi connectivity index (χ2v) is 8.60. The fraction of sp³-hybridized carbons (Fsp3) is 0.292. The van der Waals surface area contributed by atoms with Gasteiger partial charge in [0.15, 0.2) is 5.92 Å². The molecule has 5 heterocycles. The molecule has 5 N–H and O–H groups in total. The minimum Gasteiger partial charge on any atom is -0.493 e. The number of hydrogen-bond acceptors (Lipinski definition) is 15. The molecule has 0 radical (unpaired) electrons. The topological polar surface area (TPSA) is 255 Å². The van der Waals surface area contributed by atoms with Crippen molar-refractivity contribution in [3.63, 3.8) is 0 Å². The standard InChI is InChI=1S/C10H7ClN6O2.C9H9ClN2O4.C3H6N4.2CH4/c1-4-14-10-15-8(18)6(9(19)17(10)16-4)7-5(11)2-12-3-13-7;1-15-8(13)6(9(14)16-2)7-5(10)3-11-4-12-7;1-2-5-3(4)7-6-2;;/h2-3,19H,1H3,(H,14,15,16,18);3-4,6H,1-2H3;1H3,(H3,4,5,6,7);2*1H4. The molecule has 0 spiro atoms. The average Bonchev–Trinajstić information content (AvgIpc) is 3.54. The highest BCUT2D eigenvalue weighted by Crippen LogP contribution is 2.28. The summed E-state index contributed by atoms with van der Waals surface area (Å²) in [7, 11) is 2.32. The molecule has 5 aromatic heterocycles. The van der Waals surface area contributed by atoms with Crippen molar-refractivity contribution in [2.75, 3.05) is 20.0 Å². The highest BCUT2D eigenvalue weighted by atomic mass is 35.5. The molecule has 0 aromatic carbocycles. The number of aromatic amines is 2. The fourth-order valence-corrected chi connectivity index (χ4v) is 3.59. The Morgan fingerprint density at radius 1 is 1.00 bits per heavy atom. The number of aromatic hydroxyl groups is 1. The number of halogens is 2. The van der Waals surface area contributed by atoms with E-state index in [-0.39, 0.29) is 53.5 Å². The minimum atomic E-state index is -1.29. The fourth-order valence-electron chi connectivity index (χ4n) is 3.17. The van der Waals surface area contributed by atoms with E-state index in [9.17, 15) is 19.5 Å². The molecule has 0 aliphatic rings. The molecule has 0 aliphatic heterocycles. The number of carbonyl (C=O) groups is 2. The summed E-state index contributed by atoms with van der Waals surface area (Å²) < 4.78 is 10.1. The van der Waals surface area contributed by atoms with Crippen molar-refractivity contribution in [3.8, 4) is 17.1 Å². The lowest BCUT2D eigenvalue weighted by atomic mass is 10.1. The first-order valence-electron chi connectivity index (χ1n) is 11.4. The predicted octanol–water partition coefficient (Wildman–Crippen LogP) is 2.07. The number of esters is 2. The van der Waals surface area contributed by atoms with Gasteiger partial charge < -0.3 is 20.3 Å². The Labute approximate surface area is 260 Å². The molecular weight excluding hydrogens is 623 g/mol. The molecule has 0 saturated carbocycles. The van der Waals surface area contributed by atoms with Crippen molar-refractivity contribution in [1.82, 2.24) is 54.7 Å². The van der Waals surface area contributed by atoms with E-state index in [4.69, 9.17) is 28.9 Å². The van der Waals surface area contributed by atoms with E-state index < -0.39 is 23.4 Å². The van der Waals surface area contributed by atoms with Crippen LogP contribution >= 0.6 is 23.2 Å². The van der Waals surface area contributed by atoms with Crippen LogP contribution in [0, 0.1) is 13.8 Å². The Morgan fingerprint density at radius 3 is 2.07 bits per heavy atom. The summed E-state index contributed by atoms with van der Waals surface area (Å²) in [6, 6.07) is 0. The SMILES string of the molecule is C.C.COC(=O)C(C(=O)OC)c1ncncc1Cl.Cc1nc(N)n[nH]1.Cc1nc2[nH]c(=O)c(-c3ncncc3Cl)c(O)n2n1. The number of nitrogens with zero attached hydrogens (tertiary/aromatic N) is 9. The summed E-state index contributed by atoms with van der Waals surface area (Å²) in [6.45, 7) is 3.44. The number of H-pyrrole nitrogens is 2. The summed E-state index contributed by atoms with van der Waals surface area (Å²) in [5.41, 5.74) is 4.68. The van der Waals surface area contributed by atoms with Gasteiger partial charge in [0.25, 0.3) is 5.56 Å². The summed E-state index contributed by atoms with van der Waals surface area (Å²) in [5.74, 6) is -1.62. The van der Waals surface area contributed by atoms with Crippen LogP contribution < -0.4 is 11.3 Å². The third-order valence-electron chi connectivity index (χ3n) is 4.95. The van der Waals surface area contributed by atoms with E-state index >= 15 is 0 Å². The van der Waals surface area contributed by atoms with Gasteiger partial charge in [0.2, 0.25) is 17.6 Å². The number of nitrogens with two attached hydrogens (primary N) is 1. The lowest BCUT2D eigenvalue weighted by Gasteiger charge is -2.12. The summed E-state index contributed by atoms with van der Waals surface area (Å²) >= 11 is 11.7. The van der Waals surface area contributed by atoms with Crippen LogP contribution in [0.25, 0.3) is 17.0 Å². The number of hydrogen-bond donors (Lipinski definition) is 4. The van der Waals surface area contributed by atoms with Gasteiger partial charge in [-0.1, -0.05) is 38.1 Å². The summed E-state index contributed by atoms with van der Waals surface area (Å²) in [6.07, 6.45) is 5.03. The number of methoxy groups -OCH3 is 2. The minimum absolute atomic E-state index is 0. The molecule has 0 saturated heterocycles. The lowest BCUT2D eigenvalue weighted by Crippen LogP contribution is -2.25. The number of aromatic nitrogens is 11. The Morgan fingerprint density at radius 2 is 1.59 bits per heavy atom. The predicted molar refractivity (Wildman–Crippen MR) is 159 cm³/mol. The van der Waals surface area contributed by atoms with Crippen LogP contribution in [0.5, 0.6) is 5.88 Å². The van der Waals surface area contributed by atoms with Gasteiger partial charge in [-0.3, -0.25) is 24.5 Å². The first-order valence-corrected chi connectivity index (χ1v) is 12.1. The van der Waals surface area contributed by atoms with Crippen LogP contribution in [0.4, 0.5) is 5.95 Å². The number of aryl methyl sites for hydroxylation is 2. The van der Waals surface area contributed by atoms with Gasteiger partial charge in [0.05, 0.1) is 30.0 Å². The van der Waals surface area contributed by atoms with Crippen LogP contribution in [0.1, 0.15) is 38.1 Å². The zero-order chi connectivity index (χ0) is 31.0. The van der Waals surface area contributed by atoms with Crippen molar-refractivity contribution < 1.29 is 24.2 Å². The van der Waals surface area contributed by atoms with E-state index in [0.717, 1.165) is 24.6 Å². The van der Waals surface area contributed by atoms with Crippen molar-refractivity contribution in [3.05, 3.63) is 62.8 Å². The van der Waals surface area contributed by atoms with Crippen LogP contribution in [-0.2, 0) is 19.1 Å². The molecule has 0 aliphatic carbocycles. The number of fused-ring (bicyclic) bond motifs is 1. The van der Waals surface area contributed by atoms with Gasteiger partial charge >= 0.3 is 11.9 Å². The Bertz CT molecular complexity index is 1740. The van der Waals surface area contributed by atoms with Crippen molar-refractivity contribution in [1.29, 1.82) is 0 Å². The van der Waals surface area contributed by atoms with E-state index in [1.54, 1.807) is 13.8 Å². The van der Waals surface area contributed by atoms with E-state index in [1.807, 2.05) is 0 Å². The van der Waals surface area contributed by atoms with Gasteiger partial charge in [0, 0.05) is 12.4 Å². The first-order chi connectivity index (χ1) is 20.0. The van der Waals surface area contributed by atoms with E-state index in [1.165, 1.54) is 25.0 Å². The number of carbonyl (C=O) groups excluding carboxylic acids is 2. The quantitative estimate of drug-likeness (QED) is 0.160. The number of ether oxygens (including phenoxy) is 2. The highest BCUT2D eigenvalue weighted by molar-refractivity contribution is 6.33. The van der Waals surface area contributed by atoms with Gasteiger partial charge in [-0.05, 0) is 13.8 Å². The molecule has 0 atom stereocenters. The maximum Gasteiger partial charge on any atom is 0.326 e. The van der Waals surface area contributed by atoms with Gasteiger partial charge in [-0.2, -0.15) is 14.5 Å². The molecular formula is C24H30Cl2N12O6. The molecule has 20 heteroatoms. The molecule has 44 heavy (non-hydrogen) atoms. The molecule has 5 aromatic rings. The maximum atomic E-state index is 12.0. The number of nitrogen functional groups attached to an aromatic ring is 1. The highest BCUT2D eigenvalue weighted by Gasteiger charge is 2.33. The monoisotopic (exact) mass is 652 g/mol. The molecule has 0 amide bonds. The van der Waals surface area contributed by atoms with Crippen LogP contribution in [0.3, 0.4) is 0 Å². The lowest BCUT2D eigenvalue weighted by molar-refractivity contribution is -0.154. The molecule has 5 rings (SSSR count). The smallest absolute Gasteiger partial charge is 0.326 e. The molecule has 0 fully saturated rings. The van der Waals surface area contributed by atoms with Crippen molar-refractivity contribution >= 4 is 46.9 Å². The molecule has 0 bridgehead atoms. The molecule has 0 unspecified atom stereocenters. The van der Waals surface area contributed by atoms with Gasteiger partial charge in [0.1, 0.15) is 35.6 Å². The third-order valence-corrected chi connectivity index (χ3v) is 5.52. The normalized spacial score (nSPS) is 9.89. The molecule has 236 valence electrons. The van der Waals surface area contributed by atoms with Crippen LogP contribution in [0.2, 0.25) is 10.0 Å². The number of anilines is 1. The van der Waals surface area contributed by atoms with E-state index in [2.05, 4.69) is 59.7 Å². The largest absolute Gasteiger partial charge is 0.493 e. The number of nitrogens with one attached hydrogen (secondary N) is 2. The average molecular weight is 653 g/mol. The maximum absolute atomic E-state index is 12.0. The van der Waals surface area contributed by atoms with Gasteiger partial charge in [-0.25, -0.2) is 19.9 Å². The summed E-state index contributed by atoms with van der Waals surface area (Å²) in [4.78, 5) is 60.1. The third kappa shape index (κ3) is 8.65.